The number of allylic oxidation sites excluding steroid dienone is 3. The molecule has 1 nitrogen and oxygen atoms in total. The standard InChI is InChI=1S/C14H25N.C2H6/c1-6-7-8-9-12(2)13(3)10-11-14(4)15-5;1-2/h10-12,15H,3-4,6-9H2,1-2,5H3;1-2H3/b11-10-;. The smallest absolute Gasteiger partial charge is 0.0264 e. The van der Waals surface area contributed by atoms with Crippen molar-refractivity contribution >= 4 is 0 Å². The summed E-state index contributed by atoms with van der Waals surface area (Å²) in [5.41, 5.74) is 2.12. The fraction of sp³-hybridized carbons (Fsp3) is 0.625. The Labute approximate surface area is 109 Å². The van der Waals surface area contributed by atoms with Crippen LogP contribution < -0.4 is 5.32 Å². The molecule has 0 saturated carbocycles. The Morgan fingerprint density at radius 1 is 1.18 bits per heavy atom. The van der Waals surface area contributed by atoms with Gasteiger partial charge in [0.1, 0.15) is 0 Å². The van der Waals surface area contributed by atoms with Gasteiger partial charge >= 0.3 is 0 Å². The first-order valence-corrected chi connectivity index (χ1v) is 6.85. The Hall–Kier alpha value is -0.980. The van der Waals surface area contributed by atoms with Crippen LogP contribution in [0.25, 0.3) is 0 Å². The minimum Gasteiger partial charge on any atom is -0.389 e. The molecule has 0 aliphatic heterocycles. The van der Waals surface area contributed by atoms with Gasteiger partial charge in [0.05, 0.1) is 0 Å². The Bertz CT molecular complexity index is 226. The molecule has 0 aliphatic rings. The summed E-state index contributed by atoms with van der Waals surface area (Å²) < 4.78 is 0. The van der Waals surface area contributed by atoms with Crippen molar-refractivity contribution < 1.29 is 0 Å². The number of likely N-dealkylation sites (N-methyl/N-ethyl adjacent to an activating group) is 1. The third-order valence-electron chi connectivity index (χ3n) is 2.69. The summed E-state index contributed by atoms with van der Waals surface area (Å²) in [5, 5.41) is 2.99. The molecular weight excluding hydrogens is 206 g/mol. The summed E-state index contributed by atoms with van der Waals surface area (Å²) in [6.07, 6.45) is 9.20. The summed E-state index contributed by atoms with van der Waals surface area (Å²) in [5.74, 6) is 0.581. The van der Waals surface area contributed by atoms with Gasteiger partial charge in [-0.3, -0.25) is 0 Å². The van der Waals surface area contributed by atoms with Crippen molar-refractivity contribution in [1.82, 2.24) is 5.32 Å². The highest BCUT2D eigenvalue weighted by atomic mass is 14.8. The number of hydrogen-bond donors (Lipinski definition) is 1. The molecule has 0 aromatic carbocycles. The van der Waals surface area contributed by atoms with E-state index >= 15 is 0 Å². The van der Waals surface area contributed by atoms with Crippen LogP contribution in [0, 0.1) is 5.92 Å². The largest absolute Gasteiger partial charge is 0.389 e. The first-order chi connectivity index (χ1) is 8.11. The van der Waals surface area contributed by atoms with Crippen LogP contribution in [0.3, 0.4) is 0 Å². The summed E-state index contributed by atoms with van der Waals surface area (Å²) >= 11 is 0. The summed E-state index contributed by atoms with van der Waals surface area (Å²) in [7, 11) is 1.88. The van der Waals surface area contributed by atoms with Crippen LogP contribution in [0.4, 0.5) is 0 Å². The summed E-state index contributed by atoms with van der Waals surface area (Å²) in [6.45, 7) is 16.4. The van der Waals surface area contributed by atoms with Gasteiger partial charge in [0.25, 0.3) is 0 Å². The number of unbranched alkanes of at least 4 members (excludes halogenated alkanes) is 2. The minimum atomic E-state index is 0.581. The molecule has 1 N–H and O–H groups in total. The van der Waals surface area contributed by atoms with Crippen molar-refractivity contribution in [3.05, 3.63) is 36.6 Å². The monoisotopic (exact) mass is 237 g/mol. The lowest BCUT2D eigenvalue weighted by Crippen LogP contribution is -2.01. The first-order valence-electron chi connectivity index (χ1n) is 6.85. The minimum absolute atomic E-state index is 0.581. The molecule has 0 spiro atoms. The average Bonchev–Trinajstić information content (AvgIpc) is 2.37. The normalized spacial score (nSPS) is 11.6. The van der Waals surface area contributed by atoms with Crippen molar-refractivity contribution in [1.29, 1.82) is 0 Å². The van der Waals surface area contributed by atoms with E-state index in [1.165, 1.54) is 31.3 Å². The first kappa shape index (κ1) is 18.4. The Kier molecular flexibility index (Phi) is 14.2. The molecule has 0 bridgehead atoms. The lowest BCUT2D eigenvalue weighted by molar-refractivity contribution is 0.563. The van der Waals surface area contributed by atoms with E-state index < -0.39 is 0 Å². The predicted octanol–water partition coefficient (Wildman–Crippen LogP) is 5.07. The van der Waals surface area contributed by atoms with Gasteiger partial charge in [-0.05, 0) is 18.4 Å². The lowest BCUT2D eigenvalue weighted by Gasteiger charge is -2.11. The van der Waals surface area contributed by atoms with Gasteiger partial charge < -0.3 is 5.32 Å². The van der Waals surface area contributed by atoms with Gasteiger partial charge in [0.2, 0.25) is 0 Å². The van der Waals surface area contributed by atoms with Gasteiger partial charge in [-0.15, -0.1) is 0 Å². The zero-order valence-corrected chi connectivity index (χ0v) is 12.5. The summed E-state index contributed by atoms with van der Waals surface area (Å²) in [6, 6.07) is 0. The summed E-state index contributed by atoms with van der Waals surface area (Å²) in [4.78, 5) is 0. The average molecular weight is 237 g/mol. The quantitative estimate of drug-likeness (QED) is 0.459. The fourth-order valence-electron chi connectivity index (χ4n) is 1.34. The van der Waals surface area contributed by atoms with Crippen LogP contribution in [0.1, 0.15) is 53.4 Å². The van der Waals surface area contributed by atoms with E-state index in [4.69, 9.17) is 0 Å². The molecule has 0 saturated heterocycles. The Morgan fingerprint density at radius 3 is 2.24 bits per heavy atom. The maximum Gasteiger partial charge on any atom is 0.0264 e. The highest BCUT2D eigenvalue weighted by Crippen LogP contribution is 2.17. The van der Waals surface area contributed by atoms with Crippen LogP contribution in [-0.4, -0.2) is 7.05 Å². The molecule has 0 amide bonds. The SMILES string of the molecule is C=C(/C=C\C(=C)C(C)CCCCC)NC.CC. The van der Waals surface area contributed by atoms with Crippen molar-refractivity contribution in [2.24, 2.45) is 5.92 Å². The molecule has 0 aromatic rings. The van der Waals surface area contributed by atoms with E-state index in [0.717, 1.165) is 5.70 Å². The van der Waals surface area contributed by atoms with Gasteiger partial charge in [-0.25, -0.2) is 0 Å². The molecule has 1 heteroatoms. The van der Waals surface area contributed by atoms with Crippen LogP contribution in [0.15, 0.2) is 36.6 Å². The lowest BCUT2D eigenvalue weighted by atomic mass is 9.95. The van der Waals surface area contributed by atoms with E-state index in [1.54, 1.807) is 0 Å². The number of nitrogens with one attached hydrogen (secondary N) is 1. The maximum atomic E-state index is 4.08. The molecule has 17 heavy (non-hydrogen) atoms. The van der Waals surface area contributed by atoms with Crippen molar-refractivity contribution in [2.75, 3.05) is 7.05 Å². The predicted molar refractivity (Wildman–Crippen MR) is 81.1 cm³/mol. The van der Waals surface area contributed by atoms with E-state index in [2.05, 4.69) is 38.4 Å². The van der Waals surface area contributed by atoms with Crippen LogP contribution in [-0.2, 0) is 0 Å². The highest BCUT2D eigenvalue weighted by molar-refractivity contribution is 5.24. The van der Waals surface area contributed by atoms with E-state index in [9.17, 15) is 0 Å². The third kappa shape index (κ3) is 11.3. The third-order valence-corrected chi connectivity index (χ3v) is 2.69. The van der Waals surface area contributed by atoms with Gasteiger partial charge in [-0.2, -0.15) is 0 Å². The van der Waals surface area contributed by atoms with Crippen LogP contribution in [0.5, 0.6) is 0 Å². The molecule has 1 atom stereocenters. The highest BCUT2D eigenvalue weighted by Gasteiger charge is 2.02. The van der Waals surface area contributed by atoms with E-state index in [-0.39, 0.29) is 0 Å². The zero-order valence-electron chi connectivity index (χ0n) is 12.5. The second kappa shape index (κ2) is 13.1. The van der Waals surface area contributed by atoms with Crippen molar-refractivity contribution in [2.45, 2.75) is 53.4 Å². The molecule has 0 fully saturated rings. The van der Waals surface area contributed by atoms with Crippen molar-refractivity contribution in [3.63, 3.8) is 0 Å². The zero-order chi connectivity index (χ0) is 13.7. The second-order valence-electron chi connectivity index (χ2n) is 4.08. The van der Waals surface area contributed by atoms with Gasteiger partial charge in [-0.1, -0.05) is 71.8 Å². The Balaban J connectivity index is 0. The van der Waals surface area contributed by atoms with Crippen LogP contribution >= 0.6 is 0 Å². The molecule has 0 aromatic heterocycles. The molecular formula is C16H31N. The van der Waals surface area contributed by atoms with Crippen molar-refractivity contribution in [3.8, 4) is 0 Å². The van der Waals surface area contributed by atoms with Gasteiger partial charge in [0.15, 0.2) is 0 Å². The second-order valence-corrected chi connectivity index (χ2v) is 4.08. The molecule has 0 rings (SSSR count). The molecule has 100 valence electrons. The molecule has 0 radical (unpaired) electrons. The number of rotatable bonds is 8. The van der Waals surface area contributed by atoms with E-state index in [0.29, 0.717) is 5.92 Å². The Morgan fingerprint density at radius 2 is 1.76 bits per heavy atom. The van der Waals surface area contributed by atoms with E-state index in [1.807, 2.05) is 27.0 Å². The number of hydrogen-bond acceptors (Lipinski definition) is 1. The molecule has 0 heterocycles. The maximum absolute atomic E-state index is 4.08. The molecule has 0 aliphatic carbocycles. The topological polar surface area (TPSA) is 12.0 Å². The molecule has 1 unspecified atom stereocenters. The fourth-order valence-corrected chi connectivity index (χ4v) is 1.34. The van der Waals surface area contributed by atoms with Crippen LogP contribution in [0.2, 0.25) is 0 Å². The van der Waals surface area contributed by atoms with Gasteiger partial charge in [0, 0.05) is 12.7 Å².